The minimum Gasteiger partial charge on any atom is -0.328 e. The second-order valence-electron chi connectivity index (χ2n) is 4.63. The van der Waals surface area contributed by atoms with Crippen molar-refractivity contribution in [3.8, 4) is 0 Å². The molecule has 1 saturated heterocycles. The molecular weight excluding hydrogens is 184 g/mol. The number of benzene rings is 1. The number of nitrogens with two attached hydrogens (primary N) is 1. The van der Waals surface area contributed by atoms with Gasteiger partial charge in [0.15, 0.2) is 0 Å². The van der Waals surface area contributed by atoms with E-state index >= 15 is 0 Å². The summed E-state index contributed by atoms with van der Waals surface area (Å²) in [5.41, 5.74) is 7.33. The summed E-state index contributed by atoms with van der Waals surface area (Å²) in [6.07, 6.45) is 1.25. The van der Waals surface area contributed by atoms with E-state index in [0.29, 0.717) is 12.0 Å². The van der Waals surface area contributed by atoms with Crippen LogP contribution in [0.2, 0.25) is 0 Å². The van der Waals surface area contributed by atoms with Crippen LogP contribution in [-0.2, 0) is 6.54 Å². The zero-order chi connectivity index (χ0) is 10.7. The van der Waals surface area contributed by atoms with Crippen LogP contribution in [0.15, 0.2) is 30.3 Å². The third kappa shape index (κ3) is 2.80. The molecule has 1 aliphatic heterocycles. The molecule has 2 nitrogen and oxygen atoms in total. The van der Waals surface area contributed by atoms with Gasteiger partial charge in [0.25, 0.3) is 0 Å². The van der Waals surface area contributed by atoms with Crippen molar-refractivity contribution >= 4 is 0 Å². The molecule has 82 valence electrons. The molecule has 1 aliphatic rings. The lowest BCUT2D eigenvalue weighted by Gasteiger charge is -2.17. The highest BCUT2D eigenvalue weighted by molar-refractivity contribution is 5.14. The molecule has 2 unspecified atom stereocenters. The Bertz CT molecular complexity index is 295. The molecule has 0 bridgehead atoms. The first-order valence-electron chi connectivity index (χ1n) is 5.77. The minimum absolute atomic E-state index is 0.339. The number of likely N-dealkylation sites (tertiary alicyclic amines) is 1. The fraction of sp³-hybridized carbons (Fsp3) is 0.538. The zero-order valence-corrected chi connectivity index (χ0v) is 9.39. The highest BCUT2D eigenvalue weighted by Gasteiger charge is 2.24. The van der Waals surface area contributed by atoms with Gasteiger partial charge < -0.3 is 5.73 Å². The Kier molecular flexibility index (Phi) is 3.39. The predicted octanol–water partition coefficient (Wildman–Crippen LogP) is 1.86. The second kappa shape index (κ2) is 4.77. The third-order valence-corrected chi connectivity index (χ3v) is 3.30. The van der Waals surface area contributed by atoms with Gasteiger partial charge in [0.2, 0.25) is 0 Å². The van der Waals surface area contributed by atoms with Crippen molar-refractivity contribution in [1.29, 1.82) is 0 Å². The quantitative estimate of drug-likeness (QED) is 0.814. The summed E-state index contributed by atoms with van der Waals surface area (Å²) in [7, 11) is 0. The predicted molar refractivity (Wildman–Crippen MR) is 63.5 cm³/mol. The van der Waals surface area contributed by atoms with Crippen molar-refractivity contribution in [2.24, 2.45) is 11.7 Å². The highest BCUT2D eigenvalue weighted by Crippen LogP contribution is 2.20. The normalized spacial score (nSPS) is 24.3. The van der Waals surface area contributed by atoms with Crippen LogP contribution in [0.1, 0.15) is 18.9 Å². The fourth-order valence-corrected chi connectivity index (χ4v) is 2.28. The van der Waals surface area contributed by atoms with Crippen LogP contribution in [0.3, 0.4) is 0 Å². The third-order valence-electron chi connectivity index (χ3n) is 3.30. The monoisotopic (exact) mass is 204 g/mol. The number of rotatable bonds is 3. The van der Waals surface area contributed by atoms with Crippen molar-refractivity contribution in [2.45, 2.75) is 25.9 Å². The van der Waals surface area contributed by atoms with Crippen LogP contribution in [-0.4, -0.2) is 24.0 Å². The largest absolute Gasteiger partial charge is 0.328 e. The summed E-state index contributed by atoms with van der Waals surface area (Å²) < 4.78 is 0. The van der Waals surface area contributed by atoms with Gasteiger partial charge in [-0.2, -0.15) is 0 Å². The summed E-state index contributed by atoms with van der Waals surface area (Å²) in [5, 5.41) is 0. The van der Waals surface area contributed by atoms with E-state index in [-0.39, 0.29) is 0 Å². The van der Waals surface area contributed by atoms with E-state index in [1.807, 2.05) is 0 Å². The van der Waals surface area contributed by atoms with Crippen molar-refractivity contribution in [3.05, 3.63) is 35.9 Å². The molecule has 0 saturated carbocycles. The molecule has 2 atom stereocenters. The molecule has 0 aliphatic carbocycles. The SMILES string of the molecule is CC(N)C1CCN(Cc2ccccc2)C1. The number of nitrogens with zero attached hydrogens (tertiary/aromatic N) is 1. The van der Waals surface area contributed by atoms with Gasteiger partial charge in [-0.15, -0.1) is 0 Å². The maximum absolute atomic E-state index is 5.93. The highest BCUT2D eigenvalue weighted by atomic mass is 15.1. The smallest absolute Gasteiger partial charge is 0.0233 e. The zero-order valence-electron chi connectivity index (χ0n) is 9.39. The Morgan fingerprint density at radius 3 is 2.73 bits per heavy atom. The van der Waals surface area contributed by atoms with E-state index in [1.165, 1.54) is 18.5 Å². The van der Waals surface area contributed by atoms with E-state index < -0.39 is 0 Å². The Morgan fingerprint density at radius 2 is 2.13 bits per heavy atom. The van der Waals surface area contributed by atoms with Crippen LogP contribution in [0.4, 0.5) is 0 Å². The van der Waals surface area contributed by atoms with Gasteiger partial charge >= 0.3 is 0 Å². The summed E-state index contributed by atoms with van der Waals surface area (Å²) >= 11 is 0. The van der Waals surface area contributed by atoms with Gasteiger partial charge in [-0.3, -0.25) is 4.90 Å². The molecule has 0 radical (unpaired) electrons. The van der Waals surface area contributed by atoms with Gasteiger partial charge in [-0.25, -0.2) is 0 Å². The lowest BCUT2D eigenvalue weighted by Crippen LogP contribution is -2.29. The Hall–Kier alpha value is -0.860. The molecular formula is C13H20N2. The molecule has 2 N–H and O–H groups in total. The van der Waals surface area contributed by atoms with Crippen LogP contribution in [0.5, 0.6) is 0 Å². The molecule has 2 heteroatoms. The van der Waals surface area contributed by atoms with Gasteiger partial charge in [0.05, 0.1) is 0 Å². The molecule has 15 heavy (non-hydrogen) atoms. The summed E-state index contributed by atoms with van der Waals surface area (Å²) in [6, 6.07) is 11.0. The molecule has 1 heterocycles. The van der Waals surface area contributed by atoms with Crippen LogP contribution < -0.4 is 5.73 Å². The van der Waals surface area contributed by atoms with Gasteiger partial charge in [0.1, 0.15) is 0 Å². The molecule has 1 aromatic carbocycles. The number of hydrogen-bond donors (Lipinski definition) is 1. The fourth-order valence-electron chi connectivity index (χ4n) is 2.28. The first-order valence-corrected chi connectivity index (χ1v) is 5.77. The van der Waals surface area contributed by atoms with E-state index in [0.717, 1.165) is 13.1 Å². The molecule has 0 spiro atoms. The van der Waals surface area contributed by atoms with Gasteiger partial charge in [0, 0.05) is 19.1 Å². The Morgan fingerprint density at radius 1 is 1.40 bits per heavy atom. The van der Waals surface area contributed by atoms with Crippen molar-refractivity contribution in [2.75, 3.05) is 13.1 Å². The summed E-state index contributed by atoms with van der Waals surface area (Å²) in [5.74, 6) is 0.689. The topological polar surface area (TPSA) is 29.3 Å². The lowest BCUT2D eigenvalue weighted by molar-refractivity contribution is 0.308. The lowest BCUT2D eigenvalue weighted by atomic mass is 10.0. The molecule has 0 aromatic heterocycles. The average molecular weight is 204 g/mol. The van der Waals surface area contributed by atoms with E-state index in [1.54, 1.807) is 0 Å². The Labute approximate surface area is 92.1 Å². The summed E-state index contributed by atoms with van der Waals surface area (Å²) in [6.45, 7) is 5.55. The minimum atomic E-state index is 0.339. The standard InChI is InChI=1S/C13H20N2/c1-11(14)13-7-8-15(10-13)9-12-5-3-2-4-6-12/h2-6,11,13H,7-10,14H2,1H3. The number of hydrogen-bond acceptors (Lipinski definition) is 2. The van der Waals surface area contributed by atoms with Crippen molar-refractivity contribution in [3.63, 3.8) is 0 Å². The first-order chi connectivity index (χ1) is 7.25. The van der Waals surface area contributed by atoms with Crippen LogP contribution in [0, 0.1) is 5.92 Å². The first kappa shape index (κ1) is 10.7. The molecule has 1 aromatic rings. The van der Waals surface area contributed by atoms with Crippen LogP contribution >= 0.6 is 0 Å². The molecule has 0 amide bonds. The van der Waals surface area contributed by atoms with Gasteiger partial charge in [-0.05, 0) is 31.4 Å². The maximum Gasteiger partial charge on any atom is 0.0233 e. The van der Waals surface area contributed by atoms with E-state index in [9.17, 15) is 0 Å². The maximum atomic E-state index is 5.93. The Balaban J connectivity index is 1.88. The summed E-state index contributed by atoms with van der Waals surface area (Å²) in [4.78, 5) is 2.50. The van der Waals surface area contributed by atoms with Crippen LogP contribution in [0.25, 0.3) is 0 Å². The van der Waals surface area contributed by atoms with E-state index in [2.05, 4.69) is 42.2 Å². The van der Waals surface area contributed by atoms with E-state index in [4.69, 9.17) is 5.73 Å². The molecule has 2 rings (SSSR count). The second-order valence-corrected chi connectivity index (χ2v) is 4.63. The van der Waals surface area contributed by atoms with Crippen molar-refractivity contribution in [1.82, 2.24) is 4.90 Å². The molecule has 1 fully saturated rings. The van der Waals surface area contributed by atoms with Gasteiger partial charge in [-0.1, -0.05) is 30.3 Å². The average Bonchev–Trinajstić information content (AvgIpc) is 2.68. The van der Waals surface area contributed by atoms with Crippen molar-refractivity contribution < 1.29 is 0 Å².